The highest BCUT2D eigenvalue weighted by Gasteiger charge is 2.16. The summed E-state index contributed by atoms with van der Waals surface area (Å²) >= 11 is 0. The second-order valence-electron chi connectivity index (χ2n) is 5.56. The number of carboxylic acids is 1. The number of aromatic nitrogens is 1. The van der Waals surface area contributed by atoms with Gasteiger partial charge in [0.2, 0.25) is 0 Å². The number of nitrogen functional groups attached to an aromatic ring is 1. The largest absolute Gasteiger partial charge is 0.478 e. The van der Waals surface area contributed by atoms with Crippen LogP contribution in [0.1, 0.15) is 43.2 Å². The highest BCUT2D eigenvalue weighted by molar-refractivity contribution is 5.94. The Morgan fingerprint density at radius 2 is 2.10 bits per heavy atom. The van der Waals surface area contributed by atoms with Gasteiger partial charge in [-0.3, -0.25) is 4.98 Å². The number of carbonyl (C=O) groups is 2. The van der Waals surface area contributed by atoms with Gasteiger partial charge >= 0.3 is 12.1 Å². The maximum atomic E-state index is 11.4. The zero-order valence-corrected chi connectivity index (χ0v) is 12.5. The van der Waals surface area contributed by atoms with Gasteiger partial charge in [-0.25, -0.2) is 9.59 Å². The van der Waals surface area contributed by atoms with Crippen LogP contribution < -0.4 is 11.1 Å². The lowest BCUT2D eigenvalue weighted by molar-refractivity contribution is 0.0526. The maximum absolute atomic E-state index is 11.4. The quantitative estimate of drug-likeness (QED) is 0.714. The summed E-state index contributed by atoms with van der Waals surface area (Å²) < 4.78 is 5.09. The molecule has 1 heterocycles. The van der Waals surface area contributed by atoms with Crippen LogP contribution in [0, 0.1) is 0 Å². The first-order valence-corrected chi connectivity index (χ1v) is 6.64. The predicted octanol–water partition coefficient (Wildman–Crippen LogP) is 1.82. The molecule has 0 fully saturated rings. The second-order valence-corrected chi connectivity index (χ2v) is 5.56. The van der Waals surface area contributed by atoms with Crippen molar-refractivity contribution in [1.82, 2.24) is 10.3 Å². The molecule has 1 amide bonds. The molecule has 116 valence electrons. The third kappa shape index (κ3) is 5.68. The van der Waals surface area contributed by atoms with Crippen molar-refractivity contribution in [2.45, 2.75) is 39.2 Å². The summed E-state index contributed by atoms with van der Waals surface area (Å²) in [7, 11) is 0. The summed E-state index contributed by atoms with van der Waals surface area (Å²) in [5.74, 6) is -1.10. The SMILES string of the molecule is CC(C)(C)OC(=O)NCCCc1nccc(N)c1C(=O)O. The molecule has 7 heteroatoms. The van der Waals surface area contributed by atoms with Crippen LogP contribution >= 0.6 is 0 Å². The molecule has 0 aromatic carbocycles. The van der Waals surface area contributed by atoms with Gasteiger partial charge < -0.3 is 20.9 Å². The van der Waals surface area contributed by atoms with Crippen LogP contribution in [0.2, 0.25) is 0 Å². The topological polar surface area (TPSA) is 115 Å². The first kappa shape index (κ1) is 16.7. The lowest BCUT2D eigenvalue weighted by Crippen LogP contribution is -2.33. The fourth-order valence-corrected chi connectivity index (χ4v) is 1.72. The fourth-order valence-electron chi connectivity index (χ4n) is 1.72. The average Bonchev–Trinajstić information content (AvgIpc) is 2.32. The third-order valence-corrected chi connectivity index (χ3v) is 2.53. The Labute approximate surface area is 123 Å². The lowest BCUT2D eigenvalue weighted by Gasteiger charge is -2.19. The van der Waals surface area contributed by atoms with E-state index in [-0.39, 0.29) is 11.3 Å². The predicted molar refractivity (Wildman–Crippen MR) is 78.2 cm³/mol. The van der Waals surface area contributed by atoms with Crippen molar-refractivity contribution < 1.29 is 19.4 Å². The van der Waals surface area contributed by atoms with Crippen molar-refractivity contribution in [3.05, 3.63) is 23.5 Å². The smallest absolute Gasteiger partial charge is 0.407 e. The van der Waals surface area contributed by atoms with Crippen LogP contribution in [0.4, 0.5) is 10.5 Å². The summed E-state index contributed by atoms with van der Waals surface area (Å²) in [6, 6.07) is 1.45. The highest BCUT2D eigenvalue weighted by Crippen LogP contribution is 2.16. The molecule has 0 atom stereocenters. The normalized spacial score (nSPS) is 11.0. The van der Waals surface area contributed by atoms with Crippen molar-refractivity contribution in [1.29, 1.82) is 0 Å². The van der Waals surface area contributed by atoms with Gasteiger partial charge in [-0.2, -0.15) is 0 Å². The van der Waals surface area contributed by atoms with E-state index in [9.17, 15) is 9.59 Å². The van der Waals surface area contributed by atoms with Gasteiger partial charge in [0.1, 0.15) is 11.2 Å². The standard InChI is InChI=1S/C14H21N3O4/c1-14(2,3)21-13(20)17-7-4-5-10-11(12(18)19)9(15)6-8-16-10/h6,8H,4-5,7H2,1-3H3,(H2,15,16)(H,17,20)(H,18,19). The number of anilines is 1. The zero-order chi connectivity index (χ0) is 16.0. The molecular formula is C14H21N3O4. The molecule has 4 N–H and O–H groups in total. The molecule has 0 aliphatic rings. The summed E-state index contributed by atoms with van der Waals surface area (Å²) in [5, 5.41) is 11.7. The number of pyridine rings is 1. The van der Waals surface area contributed by atoms with Crippen molar-refractivity contribution in [2.24, 2.45) is 0 Å². The second kappa shape index (κ2) is 6.92. The number of nitrogens with zero attached hydrogens (tertiary/aromatic N) is 1. The van der Waals surface area contributed by atoms with Crippen LogP contribution in [-0.2, 0) is 11.2 Å². The number of rotatable bonds is 5. The Morgan fingerprint density at radius 3 is 2.67 bits per heavy atom. The van der Waals surface area contributed by atoms with Crippen molar-refractivity contribution >= 4 is 17.7 Å². The van der Waals surface area contributed by atoms with Gasteiger partial charge in [-0.05, 0) is 39.7 Å². The molecular weight excluding hydrogens is 274 g/mol. The van der Waals surface area contributed by atoms with E-state index >= 15 is 0 Å². The van der Waals surface area contributed by atoms with E-state index in [1.807, 2.05) is 0 Å². The van der Waals surface area contributed by atoms with Crippen molar-refractivity contribution in [3.63, 3.8) is 0 Å². The van der Waals surface area contributed by atoms with E-state index in [1.54, 1.807) is 20.8 Å². The number of hydrogen-bond acceptors (Lipinski definition) is 5. The van der Waals surface area contributed by atoms with Gasteiger partial charge in [0, 0.05) is 18.4 Å². The molecule has 7 nitrogen and oxygen atoms in total. The first-order chi connectivity index (χ1) is 9.70. The Bertz CT molecular complexity index is 523. The van der Waals surface area contributed by atoms with Crippen LogP contribution in [0.15, 0.2) is 12.3 Å². The molecule has 0 bridgehead atoms. The number of aryl methyl sites for hydroxylation is 1. The van der Waals surface area contributed by atoms with Crippen LogP contribution in [0.5, 0.6) is 0 Å². The molecule has 0 aliphatic heterocycles. The molecule has 0 radical (unpaired) electrons. The zero-order valence-electron chi connectivity index (χ0n) is 12.5. The molecule has 1 aromatic rings. The number of aromatic carboxylic acids is 1. The summed E-state index contributed by atoms with van der Waals surface area (Å²) in [6.45, 7) is 5.71. The number of carboxylic acid groups (broad SMARTS) is 1. The number of alkyl carbamates (subject to hydrolysis) is 1. The van der Waals surface area contributed by atoms with E-state index in [2.05, 4.69) is 10.3 Å². The molecule has 0 aliphatic carbocycles. The lowest BCUT2D eigenvalue weighted by atomic mass is 10.1. The number of amides is 1. The number of hydrogen-bond donors (Lipinski definition) is 3. The van der Waals surface area contributed by atoms with Gasteiger partial charge in [-0.1, -0.05) is 0 Å². The fraction of sp³-hybridized carbons (Fsp3) is 0.500. The maximum Gasteiger partial charge on any atom is 0.407 e. The number of nitrogens with one attached hydrogen (secondary N) is 1. The number of ether oxygens (including phenoxy) is 1. The summed E-state index contributed by atoms with van der Waals surface area (Å²) in [4.78, 5) is 26.6. The number of carbonyl (C=O) groups excluding carboxylic acids is 1. The number of nitrogens with two attached hydrogens (primary N) is 1. The van der Waals surface area contributed by atoms with Gasteiger partial charge in [-0.15, -0.1) is 0 Å². The van der Waals surface area contributed by atoms with E-state index in [0.717, 1.165) is 0 Å². The monoisotopic (exact) mass is 295 g/mol. The highest BCUT2D eigenvalue weighted by atomic mass is 16.6. The van der Waals surface area contributed by atoms with E-state index < -0.39 is 17.7 Å². The Balaban J connectivity index is 2.49. The Kier molecular flexibility index (Phi) is 5.52. The Morgan fingerprint density at radius 1 is 1.43 bits per heavy atom. The molecule has 1 rings (SSSR count). The van der Waals surface area contributed by atoms with Crippen molar-refractivity contribution in [2.75, 3.05) is 12.3 Å². The van der Waals surface area contributed by atoms with Gasteiger partial charge in [0.25, 0.3) is 0 Å². The van der Waals surface area contributed by atoms with Gasteiger partial charge in [0.15, 0.2) is 0 Å². The van der Waals surface area contributed by atoms with Crippen LogP contribution in [0.25, 0.3) is 0 Å². The van der Waals surface area contributed by atoms with Crippen LogP contribution in [0.3, 0.4) is 0 Å². The minimum absolute atomic E-state index is 0.0229. The third-order valence-electron chi connectivity index (χ3n) is 2.53. The first-order valence-electron chi connectivity index (χ1n) is 6.64. The van der Waals surface area contributed by atoms with E-state index in [0.29, 0.717) is 25.1 Å². The minimum atomic E-state index is -1.10. The summed E-state index contributed by atoms with van der Waals surface area (Å²) in [6.07, 6.45) is 1.91. The molecule has 0 saturated heterocycles. The molecule has 0 saturated carbocycles. The van der Waals surface area contributed by atoms with E-state index in [4.69, 9.17) is 15.6 Å². The molecule has 0 unspecified atom stereocenters. The molecule has 0 spiro atoms. The minimum Gasteiger partial charge on any atom is -0.478 e. The summed E-state index contributed by atoms with van der Waals surface area (Å²) in [5.41, 5.74) is 5.71. The molecule has 1 aromatic heterocycles. The Hall–Kier alpha value is -2.31. The van der Waals surface area contributed by atoms with E-state index in [1.165, 1.54) is 12.3 Å². The average molecular weight is 295 g/mol. The van der Waals surface area contributed by atoms with Crippen molar-refractivity contribution in [3.8, 4) is 0 Å². The van der Waals surface area contributed by atoms with Crippen LogP contribution in [-0.4, -0.2) is 34.3 Å². The molecule has 21 heavy (non-hydrogen) atoms. The van der Waals surface area contributed by atoms with Gasteiger partial charge in [0.05, 0.1) is 5.69 Å².